The lowest BCUT2D eigenvalue weighted by atomic mass is 9.93. The number of nitrogens with zero attached hydrogens (tertiary/aromatic N) is 1. The van der Waals surface area contributed by atoms with Gasteiger partial charge in [0.05, 0.1) is 23.7 Å². The van der Waals surface area contributed by atoms with Crippen LogP contribution in [0.15, 0.2) is 47.6 Å². The van der Waals surface area contributed by atoms with Crippen molar-refractivity contribution >= 4 is 29.4 Å². The number of amides is 1. The van der Waals surface area contributed by atoms with Crippen LogP contribution in [0.4, 0.5) is 23.2 Å². The summed E-state index contributed by atoms with van der Waals surface area (Å²) in [5.41, 5.74) is 4.80. The van der Waals surface area contributed by atoms with Crippen molar-refractivity contribution in [3.63, 3.8) is 0 Å². The predicted molar refractivity (Wildman–Crippen MR) is 132 cm³/mol. The van der Waals surface area contributed by atoms with Crippen LogP contribution >= 0.6 is 0 Å². The van der Waals surface area contributed by atoms with Gasteiger partial charge in [-0.15, -0.1) is 0 Å². The van der Waals surface area contributed by atoms with Gasteiger partial charge in [0, 0.05) is 35.8 Å². The van der Waals surface area contributed by atoms with Gasteiger partial charge in [-0.05, 0) is 60.9 Å². The lowest BCUT2D eigenvalue weighted by Crippen LogP contribution is -2.29. The molecule has 10 heteroatoms. The summed E-state index contributed by atoms with van der Waals surface area (Å²) in [6.45, 7) is 2.77. The summed E-state index contributed by atoms with van der Waals surface area (Å²) in [5.74, 6) is -2.34. The maximum absolute atomic E-state index is 14.6. The molecule has 0 saturated heterocycles. The molecular weight excluding hydrogens is 490 g/mol. The number of esters is 1. The molecule has 0 aromatic heterocycles. The SMILES string of the molecule is COC(=O)c1cc(NC(=O)C2(c3ccc(C(F)(F)F)cc3F)CC2)ccc1C(C=NCC1(C)CC1)=CN. The third-order valence-corrected chi connectivity index (χ3v) is 6.98. The van der Waals surface area contributed by atoms with Crippen molar-refractivity contribution in [2.45, 2.75) is 44.2 Å². The van der Waals surface area contributed by atoms with Gasteiger partial charge in [0.25, 0.3) is 0 Å². The van der Waals surface area contributed by atoms with E-state index >= 15 is 0 Å². The van der Waals surface area contributed by atoms with E-state index < -0.39 is 34.8 Å². The van der Waals surface area contributed by atoms with E-state index in [9.17, 15) is 27.2 Å². The highest BCUT2D eigenvalue weighted by Gasteiger charge is 2.53. The van der Waals surface area contributed by atoms with E-state index in [0.717, 1.165) is 25.0 Å². The molecular formula is C27H27F4N3O3. The Morgan fingerprint density at radius 2 is 1.81 bits per heavy atom. The minimum absolute atomic E-state index is 0.100. The maximum atomic E-state index is 14.6. The summed E-state index contributed by atoms with van der Waals surface area (Å²) in [6.07, 6.45) is 0.984. The first-order valence-electron chi connectivity index (χ1n) is 11.8. The number of carbonyl (C=O) groups excluding carboxylic acids is 2. The number of nitrogens with one attached hydrogen (secondary N) is 1. The summed E-state index contributed by atoms with van der Waals surface area (Å²) >= 11 is 0. The van der Waals surface area contributed by atoms with Gasteiger partial charge in [0.2, 0.25) is 5.91 Å². The standard InChI is InChI=1S/C27H27F4N3O3/c1-25(7-8-25)15-33-14-16(13-32)19-5-4-18(12-20(19)23(35)37-2)34-24(36)26(9-10-26)21-6-3-17(11-22(21)28)27(29,30)31/h3-6,11-14H,7-10,15,32H2,1-2H3,(H,34,36). The average molecular weight is 518 g/mol. The number of halogens is 4. The normalized spacial score (nSPS) is 17.9. The molecule has 1 amide bonds. The van der Waals surface area contributed by atoms with Crippen molar-refractivity contribution in [3.8, 4) is 0 Å². The number of hydrogen-bond acceptors (Lipinski definition) is 5. The van der Waals surface area contributed by atoms with Gasteiger partial charge in [-0.3, -0.25) is 9.79 Å². The highest BCUT2D eigenvalue weighted by molar-refractivity contribution is 6.14. The molecule has 0 aliphatic heterocycles. The number of benzene rings is 2. The largest absolute Gasteiger partial charge is 0.465 e. The fourth-order valence-corrected chi connectivity index (χ4v) is 4.16. The zero-order valence-electron chi connectivity index (χ0n) is 20.4. The van der Waals surface area contributed by atoms with E-state index in [2.05, 4.69) is 17.2 Å². The van der Waals surface area contributed by atoms with Crippen LogP contribution in [0.2, 0.25) is 0 Å². The van der Waals surface area contributed by atoms with Gasteiger partial charge in [-0.1, -0.05) is 19.1 Å². The Balaban J connectivity index is 1.58. The van der Waals surface area contributed by atoms with E-state index in [-0.39, 0.29) is 35.1 Å². The number of nitrogens with two attached hydrogens (primary N) is 1. The van der Waals surface area contributed by atoms with Crippen LogP contribution in [-0.2, 0) is 21.1 Å². The van der Waals surface area contributed by atoms with Crippen LogP contribution in [0.25, 0.3) is 5.57 Å². The van der Waals surface area contributed by atoms with E-state index in [0.29, 0.717) is 23.7 Å². The lowest BCUT2D eigenvalue weighted by Gasteiger charge is -2.18. The molecule has 2 saturated carbocycles. The van der Waals surface area contributed by atoms with Crippen molar-refractivity contribution in [2.24, 2.45) is 16.1 Å². The number of hydrogen-bond donors (Lipinski definition) is 2. The summed E-state index contributed by atoms with van der Waals surface area (Å²) < 4.78 is 58.3. The van der Waals surface area contributed by atoms with Gasteiger partial charge in [-0.2, -0.15) is 13.2 Å². The number of methoxy groups -OCH3 is 1. The quantitative estimate of drug-likeness (QED) is 0.276. The molecule has 37 heavy (non-hydrogen) atoms. The van der Waals surface area contributed by atoms with E-state index in [1.54, 1.807) is 18.3 Å². The third kappa shape index (κ3) is 5.52. The molecule has 2 aliphatic rings. The third-order valence-electron chi connectivity index (χ3n) is 6.98. The summed E-state index contributed by atoms with van der Waals surface area (Å²) in [6, 6.07) is 6.73. The Hall–Kier alpha value is -3.69. The Morgan fingerprint density at radius 1 is 1.11 bits per heavy atom. The molecule has 196 valence electrons. The highest BCUT2D eigenvalue weighted by atomic mass is 19.4. The Bertz CT molecular complexity index is 1290. The van der Waals surface area contributed by atoms with Crippen molar-refractivity contribution in [3.05, 3.63) is 70.7 Å². The number of ether oxygens (including phenoxy) is 1. The molecule has 0 spiro atoms. The van der Waals surface area contributed by atoms with Gasteiger partial charge in [-0.25, -0.2) is 9.18 Å². The second-order valence-corrected chi connectivity index (χ2v) is 9.88. The van der Waals surface area contributed by atoms with Crippen LogP contribution in [0.3, 0.4) is 0 Å². The number of allylic oxidation sites excluding steroid dienone is 1. The number of carbonyl (C=O) groups is 2. The monoisotopic (exact) mass is 517 g/mol. The first kappa shape index (κ1) is 26.4. The van der Waals surface area contributed by atoms with Crippen LogP contribution < -0.4 is 11.1 Å². The maximum Gasteiger partial charge on any atom is 0.416 e. The first-order valence-corrected chi connectivity index (χ1v) is 11.8. The van der Waals surface area contributed by atoms with E-state index in [1.165, 1.54) is 19.4 Å². The zero-order valence-corrected chi connectivity index (χ0v) is 20.4. The molecule has 2 fully saturated rings. The van der Waals surface area contributed by atoms with Gasteiger partial charge in [0.15, 0.2) is 0 Å². The van der Waals surface area contributed by atoms with Crippen molar-refractivity contribution < 1.29 is 31.9 Å². The van der Waals surface area contributed by atoms with Crippen LogP contribution in [-0.4, -0.2) is 31.7 Å². The average Bonchev–Trinajstić information content (AvgIpc) is 3.78. The summed E-state index contributed by atoms with van der Waals surface area (Å²) in [5, 5.41) is 2.67. The van der Waals surface area contributed by atoms with Gasteiger partial charge >= 0.3 is 12.1 Å². The smallest absolute Gasteiger partial charge is 0.416 e. The molecule has 0 radical (unpaired) electrons. The molecule has 2 aromatic carbocycles. The predicted octanol–water partition coefficient (Wildman–Crippen LogP) is 5.47. The lowest BCUT2D eigenvalue weighted by molar-refractivity contribution is -0.137. The second kappa shape index (κ2) is 9.64. The van der Waals surface area contributed by atoms with Crippen molar-refractivity contribution in [2.75, 3.05) is 19.0 Å². The number of aliphatic imine (C=N–C) groups is 1. The van der Waals surface area contributed by atoms with Crippen molar-refractivity contribution in [1.82, 2.24) is 0 Å². The van der Waals surface area contributed by atoms with Crippen LogP contribution in [0.1, 0.15) is 59.7 Å². The molecule has 3 N–H and O–H groups in total. The summed E-state index contributed by atoms with van der Waals surface area (Å²) in [4.78, 5) is 30.1. The molecule has 0 unspecified atom stereocenters. The minimum atomic E-state index is -4.69. The summed E-state index contributed by atoms with van der Waals surface area (Å²) in [7, 11) is 1.22. The molecule has 0 bridgehead atoms. The highest BCUT2D eigenvalue weighted by Crippen LogP contribution is 2.50. The molecule has 0 atom stereocenters. The number of alkyl halides is 3. The van der Waals surface area contributed by atoms with Crippen LogP contribution in [0, 0.1) is 11.2 Å². The molecule has 2 aromatic rings. The van der Waals surface area contributed by atoms with Crippen LogP contribution in [0.5, 0.6) is 0 Å². The second-order valence-electron chi connectivity index (χ2n) is 9.88. The van der Waals surface area contributed by atoms with Gasteiger partial charge in [0.1, 0.15) is 5.82 Å². The molecule has 0 heterocycles. The molecule has 6 nitrogen and oxygen atoms in total. The number of rotatable bonds is 8. The Labute approximate surface area is 211 Å². The number of anilines is 1. The minimum Gasteiger partial charge on any atom is -0.465 e. The Kier molecular flexibility index (Phi) is 6.87. The van der Waals surface area contributed by atoms with E-state index in [4.69, 9.17) is 10.5 Å². The zero-order chi connectivity index (χ0) is 27.0. The molecule has 4 rings (SSSR count). The molecule has 2 aliphatic carbocycles. The fourth-order valence-electron chi connectivity index (χ4n) is 4.16. The van der Waals surface area contributed by atoms with Crippen molar-refractivity contribution in [1.29, 1.82) is 0 Å². The fraction of sp³-hybridized carbons (Fsp3) is 0.370. The topological polar surface area (TPSA) is 93.8 Å². The van der Waals surface area contributed by atoms with Gasteiger partial charge < -0.3 is 15.8 Å². The Morgan fingerprint density at radius 3 is 2.35 bits per heavy atom. The first-order chi connectivity index (χ1) is 17.4. The van der Waals surface area contributed by atoms with E-state index in [1.807, 2.05) is 0 Å².